The molecule has 126 valence electrons. The number of hydrogen-bond donors (Lipinski definition) is 2. The molecule has 0 aliphatic heterocycles. The van der Waals surface area contributed by atoms with Crippen LogP contribution in [0.15, 0.2) is 54.4 Å². The van der Waals surface area contributed by atoms with Crippen LogP contribution < -0.4 is 0 Å². The van der Waals surface area contributed by atoms with Crippen molar-refractivity contribution >= 4 is 16.5 Å². The van der Waals surface area contributed by atoms with E-state index in [0.29, 0.717) is 5.92 Å². The average molecular weight is 331 g/mol. The maximum Gasteiger partial charge on any atom is 0.155 e. The molecule has 1 aliphatic rings. The number of nitrogens with one attached hydrogen (secondary N) is 2. The molecule has 5 heteroatoms. The van der Waals surface area contributed by atoms with E-state index >= 15 is 0 Å². The molecule has 5 nitrogen and oxygen atoms in total. The van der Waals surface area contributed by atoms with Gasteiger partial charge in [0, 0.05) is 16.5 Å². The number of nitrogens with zero attached hydrogens (tertiary/aromatic N) is 3. The van der Waals surface area contributed by atoms with Gasteiger partial charge in [0.15, 0.2) is 5.82 Å². The maximum absolute atomic E-state index is 4.59. The summed E-state index contributed by atoms with van der Waals surface area (Å²) in [5.41, 5.74) is 5.59. The van der Waals surface area contributed by atoms with Crippen molar-refractivity contribution in [3.05, 3.63) is 60.1 Å². The molecule has 3 aromatic rings. The summed E-state index contributed by atoms with van der Waals surface area (Å²) in [5, 5.41) is 15.7. The minimum atomic E-state index is 0.532. The Morgan fingerprint density at radius 2 is 2.08 bits per heavy atom. The molecule has 0 radical (unpaired) electrons. The molecule has 0 spiro atoms. The summed E-state index contributed by atoms with van der Waals surface area (Å²) >= 11 is 0. The standard InChI is InChI=1S/C20H21N5/c1-13(2)14-6-4-3-5-7-15(10-14)19-17-11-16(20-21-12-22-25-20)8-9-18(17)23-24-19/h3,5,7-13H,4,6H2,1-2H3,(H,23,24)(H,21,22,25)/b5-3-,14-10+,15-7+. The minimum Gasteiger partial charge on any atom is -0.277 e. The van der Waals surface area contributed by atoms with Gasteiger partial charge >= 0.3 is 0 Å². The Balaban J connectivity index is 1.85. The molecule has 0 saturated carbocycles. The first-order valence-corrected chi connectivity index (χ1v) is 8.64. The van der Waals surface area contributed by atoms with Crippen LogP contribution in [0.4, 0.5) is 0 Å². The zero-order valence-corrected chi connectivity index (χ0v) is 14.5. The Morgan fingerprint density at radius 3 is 2.88 bits per heavy atom. The van der Waals surface area contributed by atoms with Crippen molar-refractivity contribution in [1.29, 1.82) is 0 Å². The molecule has 1 aliphatic carbocycles. The van der Waals surface area contributed by atoms with Gasteiger partial charge in [-0.25, -0.2) is 4.98 Å². The highest BCUT2D eigenvalue weighted by atomic mass is 15.2. The second-order valence-electron chi connectivity index (χ2n) is 6.63. The predicted molar refractivity (Wildman–Crippen MR) is 101 cm³/mol. The van der Waals surface area contributed by atoms with Gasteiger partial charge in [-0.15, -0.1) is 0 Å². The van der Waals surface area contributed by atoms with E-state index in [-0.39, 0.29) is 0 Å². The highest BCUT2D eigenvalue weighted by molar-refractivity contribution is 5.95. The van der Waals surface area contributed by atoms with Gasteiger partial charge in [0.1, 0.15) is 6.33 Å². The molecular weight excluding hydrogens is 310 g/mol. The number of rotatable bonds is 3. The lowest BCUT2D eigenvalue weighted by atomic mass is 9.93. The first-order chi connectivity index (χ1) is 12.2. The molecule has 0 unspecified atom stereocenters. The lowest BCUT2D eigenvalue weighted by Gasteiger charge is -2.13. The molecule has 2 heterocycles. The average Bonchev–Trinajstić information content (AvgIpc) is 3.23. The van der Waals surface area contributed by atoms with Crippen molar-refractivity contribution in [2.75, 3.05) is 0 Å². The number of aromatic nitrogens is 5. The van der Waals surface area contributed by atoms with Crippen molar-refractivity contribution in [3.8, 4) is 11.4 Å². The van der Waals surface area contributed by atoms with Gasteiger partial charge in [-0.1, -0.05) is 43.7 Å². The zero-order valence-electron chi connectivity index (χ0n) is 14.5. The molecule has 0 amide bonds. The summed E-state index contributed by atoms with van der Waals surface area (Å²) in [6.07, 6.45) is 12.5. The quantitative estimate of drug-likeness (QED) is 0.733. The maximum atomic E-state index is 4.59. The zero-order chi connectivity index (χ0) is 17.2. The monoisotopic (exact) mass is 331 g/mol. The topological polar surface area (TPSA) is 70.2 Å². The summed E-state index contributed by atoms with van der Waals surface area (Å²) in [4.78, 5) is 4.25. The highest BCUT2D eigenvalue weighted by Gasteiger charge is 2.13. The van der Waals surface area contributed by atoms with Crippen molar-refractivity contribution < 1.29 is 0 Å². The molecule has 0 bridgehead atoms. The summed E-state index contributed by atoms with van der Waals surface area (Å²) in [5.74, 6) is 1.30. The molecule has 25 heavy (non-hydrogen) atoms. The normalized spacial score (nSPS) is 20.6. The number of fused-ring (bicyclic) bond motifs is 1. The van der Waals surface area contributed by atoms with Crippen molar-refractivity contribution in [1.82, 2.24) is 25.4 Å². The Morgan fingerprint density at radius 1 is 1.16 bits per heavy atom. The van der Waals surface area contributed by atoms with Gasteiger partial charge in [-0.2, -0.15) is 10.2 Å². The van der Waals surface area contributed by atoms with Crippen LogP contribution in [0.25, 0.3) is 27.9 Å². The third-order valence-corrected chi connectivity index (χ3v) is 4.62. The van der Waals surface area contributed by atoms with E-state index in [1.54, 1.807) is 0 Å². The molecule has 0 fully saturated rings. The molecular formula is C20H21N5. The largest absolute Gasteiger partial charge is 0.277 e. The van der Waals surface area contributed by atoms with Crippen LogP contribution in [0.2, 0.25) is 0 Å². The van der Waals surface area contributed by atoms with Crippen LogP contribution in [-0.2, 0) is 0 Å². The van der Waals surface area contributed by atoms with E-state index in [1.807, 2.05) is 12.1 Å². The second kappa shape index (κ2) is 6.51. The smallest absolute Gasteiger partial charge is 0.155 e. The summed E-state index contributed by atoms with van der Waals surface area (Å²) in [6, 6.07) is 6.17. The van der Waals surface area contributed by atoms with Crippen molar-refractivity contribution in [3.63, 3.8) is 0 Å². The molecule has 0 atom stereocenters. The Kier molecular flexibility index (Phi) is 4.06. The minimum absolute atomic E-state index is 0.532. The van der Waals surface area contributed by atoms with Gasteiger partial charge in [0.2, 0.25) is 0 Å². The van der Waals surface area contributed by atoms with Gasteiger partial charge in [-0.3, -0.25) is 10.2 Å². The van der Waals surface area contributed by atoms with E-state index in [1.165, 1.54) is 11.9 Å². The van der Waals surface area contributed by atoms with Gasteiger partial charge in [-0.05, 0) is 37.0 Å². The summed E-state index contributed by atoms with van der Waals surface area (Å²) in [6.45, 7) is 4.50. The second-order valence-corrected chi connectivity index (χ2v) is 6.63. The Bertz CT molecular complexity index is 971. The Hall–Kier alpha value is -2.95. The van der Waals surface area contributed by atoms with Crippen LogP contribution in [0.3, 0.4) is 0 Å². The summed E-state index contributed by atoms with van der Waals surface area (Å²) in [7, 11) is 0. The fourth-order valence-corrected chi connectivity index (χ4v) is 3.17. The number of aromatic amines is 2. The van der Waals surface area contributed by atoms with Gasteiger partial charge < -0.3 is 0 Å². The van der Waals surface area contributed by atoms with E-state index in [9.17, 15) is 0 Å². The molecule has 2 aromatic heterocycles. The number of H-pyrrole nitrogens is 2. The predicted octanol–water partition coefficient (Wildman–Crippen LogP) is 4.66. The highest BCUT2D eigenvalue weighted by Crippen LogP contribution is 2.30. The van der Waals surface area contributed by atoms with Crippen molar-refractivity contribution in [2.24, 2.45) is 5.92 Å². The molecule has 1 aromatic carbocycles. The SMILES string of the molecule is CC(C)/C1=C/C(c2n[nH]c3ccc(-c4ncn[nH]4)cc23)=C\C=C/CC1. The number of benzene rings is 1. The van der Waals surface area contributed by atoms with Crippen LogP contribution in [0.5, 0.6) is 0 Å². The molecule has 0 saturated heterocycles. The number of hydrogen-bond acceptors (Lipinski definition) is 3. The first kappa shape index (κ1) is 15.6. The fraction of sp³-hybridized carbons (Fsp3) is 0.250. The third-order valence-electron chi connectivity index (χ3n) is 4.62. The lowest BCUT2D eigenvalue weighted by molar-refractivity contribution is 0.715. The van der Waals surface area contributed by atoms with Crippen LogP contribution in [0, 0.1) is 5.92 Å². The molecule has 4 rings (SSSR count). The number of allylic oxidation sites excluding steroid dienone is 6. The first-order valence-electron chi connectivity index (χ1n) is 8.64. The van der Waals surface area contributed by atoms with E-state index in [2.05, 4.69) is 69.6 Å². The van der Waals surface area contributed by atoms with Gasteiger partial charge in [0.05, 0.1) is 11.2 Å². The van der Waals surface area contributed by atoms with Crippen LogP contribution >= 0.6 is 0 Å². The van der Waals surface area contributed by atoms with Crippen molar-refractivity contribution in [2.45, 2.75) is 26.7 Å². The summed E-state index contributed by atoms with van der Waals surface area (Å²) < 4.78 is 0. The van der Waals surface area contributed by atoms with E-state index in [4.69, 9.17) is 0 Å². The fourth-order valence-electron chi connectivity index (χ4n) is 3.17. The van der Waals surface area contributed by atoms with Crippen LogP contribution in [-0.4, -0.2) is 25.4 Å². The lowest BCUT2D eigenvalue weighted by Crippen LogP contribution is -1.97. The third kappa shape index (κ3) is 3.05. The Labute approximate surface area is 146 Å². The van der Waals surface area contributed by atoms with Gasteiger partial charge in [0.25, 0.3) is 0 Å². The van der Waals surface area contributed by atoms with E-state index in [0.717, 1.165) is 46.4 Å². The van der Waals surface area contributed by atoms with E-state index < -0.39 is 0 Å². The van der Waals surface area contributed by atoms with Crippen LogP contribution in [0.1, 0.15) is 32.4 Å². The molecule has 2 N–H and O–H groups in total.